The van der Waals surface area contributed by atoms with Crippen LogP contribution in [0.3, 0.4) is 0 Å². The van der Waals surface area contributed by atoms with Gasteiger partial charge in [-0.25, -0.2) is 0 Å². The standard InChI is InChI=1S/C24H24Cl2N6S/c1-15-4-6-19(7-5-15)13-32-17(3)22(16(2)29-32)27-24(33)28-23-21(26)14-31(30-23)12-18-8-10-20(25)11-9-18/h4-11,14H,12-13H2,1-3H3,(H2,27,28,30,33). The Morgan fingerprint density at radius 3 is 2.21 bits per heavy atom. The topological polar surface area (TPSA) is 59.7 Å². The maximum Gasteiger partial charge on any atom is 0.176 e. The van der Waals surface area contributed by atoms with Crippen molar-refractivity contribution >= 4 is 52.0 Å². The second kappa shape index (κ2) is 9.95. The first kappa shape index (κ1) is 23.3. The van der Waals surface area contributed by atoms with Crippen LogP contribution in [0, 0.1) is 20.8 Å². The van der Waals surface area contributed by atoms with E-state index >= 15 is 0 Å². The number of anilines is 2. The third kappa shape index (κ3) is 5.74. The van der Waals surface area contributed by atoms with E-state index in [2.05, 4.69) is 52.0 Å². The van der Waals surface area contributed by atoms with E-state index in [1.54, 1.807) is 10.9 Å². The van der Waals surface area contributed by atoms with Crippen molar-refractivity contribution in [3.8, 4) is 0 Å². The van der Waals surface area contributed by atoms with Gasteiger partial charge in [0.1, 0.15) is 5.02 Å². The van der Waals surface area contributed by atoms with Crippen LogP contribution in [0.5, 0.6) is 0 Å². The quantitative estimate of drug-likeness (QED) is 0.309. The van der Waals surface area contributed by atoms with Gasteiger partial charge in [-0.1, -0.05) is 65.2 Å². The molecule has 33 heavy (non-hydrogen) atoms. The van der Waals surface area contributed by atoms with Crippen LogP contribution < -0.4 is 10.6 Å². The molecule has 0 spiro atoms. The smallest absolute Gasteiger partial charge is 0.176 e. The molecule has 0 fully saturated rings. The predicted octanol–water partition coefficient (Wildman–Crippen LogP) is 6.22. The monoisotopic (exact) mass is 498 g/mol. The van der Waals surface area contributed by atoms with Crippen molar-refractivity contribution in [2.24, 2.45) is 0 Å². The molecule has 0 bridgehead atoms. The summed E-state index contributed by atoms with van der Waals surface area (Å²) in [5.41, 5.74) is 6.23. The van der Waals surface area contributed by atoms with E-state index in [0.29, 0.717) is 34.1 Å². The number of hydrogen-bond acceptors (Lipinski definition) is 3. The van der Waals surface area contributed by atoms with Gasteiger partial charge in [0.15, 0.2) is 10.9 Å². The Labute approximate surface area is 208 Å². The fraction of sp³-hybridized carbons (Fsp3) is 0.208. The highest BCUT2D eigenvalue weighted by Crippen LogP contribution is 2.23. The molecule has 9 heteroatoms. The van der Waals surface area contributed by atoms with Gasteiger partial charge in [0.05, 0.1) is 30.2 Å². The predicted molar refractivity (Wildman–Crippen MR) is 140 cm³/mol. The minimum atomic E-state index is 0.398. The number of nitrogens with zero attached hydrogens (tertiary/aromatic N) is 4. The third-order valence-corrected chi connectivity index (χ3v) is 6.01. The summed E-state index contributed by atoms with van der Waals surface area (Å²) >= 11 is 17.9. The van der Waals surface area contributed by atoms with Gasteiger partial charge in [-0.3, -0.25) is 9.36 Å². The van der Waals surface area contributed by atoms with Crippen LogP contribution in [-0.2, 0) is 13.1 Å². The zero-order valence-corrected chi connectivity index (χ0v) is 20.9. The highest BCUT2D eigenvalue weighted by molar-refractivity contribution is 7.80. The average molecular weight is 499 g/mol. The van der Waals surface area contributed by atoms with Gasteiger partial charge in [0.2, 0.25) is 0 Å². The number of benzene rings is 2. The molecule has 0 atom stereocenters. The molecule has 0 aliphatic rings. The second-order valence-electron chi connectivity index (χ2n) is 7.92. The molecule has 2 aromatic carbocycles. The lowest BCUT2D eigenvalue weighted by atomic mass is 10.1. The summed E-state index contributed by atoms with van der Waals surface area (Å²) in [5.74, 6) is 0.491. The van der Waals surface area contributed by atoms with Crippen molar-refractivity contribution in [3.63, 3.8) is 0 Å². The minimum absolute atomic E-state index is 0.398. The summed E-state index contributed by atoms with van der Waals surface area (Å²) in [6.45, 7) is 7.32. The Morgan fingerprint density at radius 2 is 1.52 bits per heavy atom. The van der Waals surface area contributed by atoms with Gasteiger partial charge >= 0.3 is 0 Å². The van der Waals surface area contributed by atoms with Crippen molar-refractivity contribution in [1.29, 1.82) is 0 Å². The normalized spacial score (nSPS) is 10.9. The van der Waals surface area contributed by atoms with Crippen LogP contribution >= 0.6 is 35.4 Å². The fourth-order valence-corrected chi connectivity index (χ4v) is 4.01. The van der Waals surface area contributed by atoms with Crippen LogP contribution in [0.1, 0.15) is 28.1 Å². The van der Waals surface area contributed by atoms with Crippen LogP contribution in [-0.4, -0.2) is 24.7 Å². The number of nitrogens with one attached hydrogen (secondary N) is 2. The van der Waals surface area contributed by atoms with Crippen molar-refractivity contribution < 1.29 is 0 Å². The van der Waals surface area contributed by atoms with E-state index in [1.165, 1.54) is 11.1 Å². The number of thiocarbonyl (C=S) groups is 1. The Balaban J connectivity index is 1.42. The largest absolute Gasteiger partial charge is 0.329 e. The van der Waals surface area contributed by atoms with Crippen molar-refractivity contribution in [2.75, 3.05) is 10.6 Å². The molecule has 2 N–H and O–H groups in total. The summed E-state index contributed by atoms with van der Waals surface area (Å²) in [6.07, 6.45) is 1.76. The third-order valence-electron chi connectivity index (χ3n) is 5.28. The van der Waals surface area contributed by atoms with Crippen molar-refractivity contribution in [1.82, 2.24) is 19.6 Å². The molecule has 2 aromatic heterocycles. The molecule has 170 valence electrons. The second-order valence-corrected chi connectivity index (χ2v) is 9.17. The summed E-state index contributed by atoms with van der Waals surface area (Å²) in [6, 6.07) is 16.1. The maximum absolute atomic E-state index is 6.38. The lowest BCUT2D eigenvalue weighted by Gasteiger charge is -2.10. The molecule has 2 heterocycles. The average Bonchev–Trinajstić information content (AvgIpc) is 3.24. The molecule has 0 aliphatic heterocycles. The Morgan fingerprint density at radius 1 is 0.879 bits per heavy atom. The number of rotatable bonds is 6. The number of halogens is 2. The van der Waals surface area contributed by atoms with E-state index in [-0.39, 0.29) is 0 Å². The Bertz CT molecular complexity index is 1280. The van der Waals surface area contributed by atoms with E-state index in [0.717, 1.165) is 22.6 Å². The molecule has 6 nitrogen and oxygen atoms in total. The van der Waals surface area contributed by atoms with Gasteiger partial charge < -0.3 is 10.6 Å². The van der Waals surface area contributed by atoms with Gasteiger partial charge in [-0.05, 0) is 56.2 Å². The summed E-state index contributed by atoms with van der Waals surface area (Å²) in [7, 11) is 0. The molecule has 0 aliphatic carbocycles. The molecule has 4 aromatic rings. The highest BCUT2D eigenvalue weighted by atomic mass is 35.5. The molecular formula is C24H24Cl2N6S. The van der Waals surface area contributed by atoms with Gasteiger partial charge in [0.25, 0.3) is 0 Å². The Kier molecular flexibility index (Phi) is 7.02. The molecule has 0 amide bonds. The first-order valence-electron chi connectivity index (χ1n) is 10.4. The number of aromatic nitrogens is 4. The van der Waals surface area contributed by atoms with E-state index in [4.69, 9.17) is 35.4 Å². The summed E-state index contributed by atoms with van der Waals surface area (Å²) in [4.78, 5) is 0. The van der Waals surface area contributed by atoms with E-state index in [1.807, 2.05) is 42.8 Å². The maximum atomic E-state index is 6.38. The van der Waals surface area contributed by atoms with E-state index < -0.39 is 0 Å². The van der Waals surface area contributed by atoms with Crippen molar-refractivity contribution in [2.45, 2.75) is 33.9 Å². The first-order valence-corrected chi connectivity index (χ1v) is 11.6. The van der Waals surface area contributed by atoms with Gasteiger partial charge in [-0.15, -0.1) is 0 Å². The fourth-order valence-electron chi connectivity index (χ4n) is 3.49. The zero-order valence-electron chi connectivity index (χ0n) is 18.6. The van der Waals surface area contributed by atoms with E-state index in [9.17, 15) is 0 Å². The van der Waals surface area contributed by atoms with Crippen LogP contribution in [0.4, 0.5) is 11.5 Å². The Hall–Kier alpha value is -2.87. The first-order chi connectivity index (χ1) is 15.8. The molecule has 0 unspecified atom stereocenters. The summed E-state index contributed by atoms with van der Waals surface area (Å²) < 4.78 is 3.73. The molecule has 0 saturated carbocycles. The van der Waals surface area contributed by atoms with Gasteiger partial charge in [-0.2, -0.15) is 10.2 Å². The lowest BCUT2D eigenvalue weighted by Crippen LogP contribution is -2.20. The molecular weight excluding hydrogens is 475 g/mol. The SMILES string of the molecule is Cc1ccc(Cn2nc(C)c(NC(=S)Nc3nn(Cc4ccc(Cl)cc4)cc3Cl)c2C)cc1. The number of hydrogen-bond donors (Lipinski definition) is 2. The number of aryl methyl sites for hydroxylation is 2. The minimum Gasteiger partial charge on any atom is -0.329 e. The lowest BCUT2D eigenvalue weighted by molar-refractivity contribution is 0.659. The summed E-state index contributed by atoms with van der Waals surface area (Å²) in [5, 5.41) is 17.1. The molecule has 4 rings (SSSR count). The molecule has 0 saturated heterocycles. The van der Waals surface area contributed by atoms with Crippen molar-refractivity contribution in [3.05, 3.63) is 92.9 Å². The van der Waals surface area contributed by atoms with Gasteiger partial charge in [0, 0.05) is 11.2 Å². The zero-order chi connectivity index (χ0) is 23.5. The molecule has 0 radical (unpaired) electrons. The highest BCUT2D eigenvalue weighted by Gasteiger charge is 2.15. The van der Waals surface area contributed by atoms with Crippen LogP contribution in [0.25, 0.3) is 0 Å². The van der Waals surface area contributed by atoms with Crippen LogP contribution in [0.2, 0.25) is 10.0 Å². The van der Waals surface area contributed by atoms with Crippen LogP contribution in [0.15, 0.2) is 54.7 Å².